The molecule has 40 heavy (non-hydrogen) atoms. The van der Waals surface area contributed by atoms with Gasteiger partial charge in [0.2, 0.25) is 0 Å². The lowest BCUT2D eigenvalue weighted by Crippen LogP contribution is -2.44. The molecule has 2 atom stereocenters. The molecule has 7 heteroatoms. The van der Waals surface area contributed by atoms with Gasteiger partial charge in [-0.05, 0) is 78.8 Å². The van der Waals surface area contributed by atoms with Gasteiger partial charge in [0.1, 0.15) is 29.2 Å². The van der Waals surface area contributed by atoms with Crippen LogP contribution >= 0.6 is 0 Å². The van der Waals surface area contributed by atoms with Gasteiger partial charge < -0.3 is 23.7 Å². The Kier molecular flexibility index (Phi) is 6.95. The molecule has 3 aromatic rings. The van der Waals surface area contributed by atoms with E-state index in [0.717, 1.165) is 58.8 Å². The SMILES string of the molecule is COC(=O)CC1COc2cc(OC3CCc4c(-c5c(C)cc(OCC6(C)COC6)cc5C)ccc(F)c43)ccc21. The van der Waals surface area contributed by atoms with Gasteiger partial charge in [-0.25, -0.2) is 4.39 Å². The van der Waals surface area contributed by atoms with E-state index in [0.29, 0.717) is 36.7 Å². The fourth-order valence-corrected chi connectivity index (χ4v) is 6.20. The summed E-state index contributed by atoms with van der Waals surface area (Å²) in [6.07, 6.45) is 1.29. The Labute approximate surface area is 234 Å². The monoisotopic (exact) mass is 546 g/mol. The third-order valence-corrected chi connectivity index (χ3v) is 8.33. The quantitative estimate of drug-likeness (QED) is 0.296. The van der Waals surface area contributed by atoms with Crippen LogP contribution in [0.15, 0.2) is 42.5 Å². The number of benzene rings is 3. The molecule has 0 saturated carbocycles. The number of esters is 1. The zero-order chi connectivity index (χ0) is 28.0. The molecule has 3 aliphatic rings. The number of methoxy groups -OCH3 is 1. The lowest BCUT2D eigenvalue weighted by Gasteiger charge is -2.37. The van der Waals surface area contributed by atoms with Gasteiger partial charge in [0.05, 0.1) is 40.0 Å². The molecule has 2 heterocycles. The van der Waals surface area contributed by atoms with Crippen molar-refractivity contribution in [2.24, 2.45) is 5.41 Å². The van der Waals surface area contributed by atoms with Crippen molar-refractivity contribution in [1.29, 1.82) is 0 Å². The zero-order valence-electron chi connectivity index (χ0n) is 23.5. The number of rotatable bonds is 8. The highest BCUT2D eigenvalue weighted by molar-refractivity contribution is 5.76. The normalized spacial score (nSPS) is 20.2. The van der Waals surface area contributed by atoms with Crippen molar-refractivity contribution in [2.45, 2.75) is 52.1 Å². The number of hydrogen-bond acceptors (Lipinski definition) is 6. The number of fused-ring (bicyclic) bond motifs is 2. The average Bonchev–Trinajstić information content (AvgIpc) is 3.52. The molecule has 1 aliphatic carbocycles. The third kappa shape index (κ3) is 4.92. The predicted octanol–water partition coefficient (Wildman–Crippen LogP) is 6.63. The largest absolute Gasteiger partial charge is 0.493 e. The van der Waals surface area contributed by atoms with Gasteiger partial charge in [0, 0.05) is 28.5 Å². The van der Waals surface area contributed by atoms with E-state index in [4.69, 9.17) is 23.7 Å². The maximum Gasteiger partial charge on any atom is 0.306 e. The van der Waals surface area contributed by atoms with E-state index in [1.165, 1.54) is 7.11 Å². The fraction of sp³-hybridized carbons (Fsp3) is 0.424. The van der Waals surface area contributed by atoms with Gasteiger partial charge in [0.15, 0.2) is 0 Å². The second kappa shape index (κ2) is 10.4. The lowest BCUT2D eigenvalue weighted by atomic mass is 9.89. The van der Waals surface area contributed by atoms with E-state index in [9.17, 15) is 4.79 Å². The molecule has 0 bridgehead atoms. The van der Waals surface area contributed by atoms with E-state index in [1.807, 2.05) is 24.3 Å². The van der Waals surface area contributed by atoms with Crippen molar-refractivity contribution in [3.63, 3.8) is 0 Å². The molecule has 0 aromatic heterocycles. The first-order valence-corrected chi connectivity index (χ1v) is 13.9. The van der Waals surface area contributed by atoms with E-state index in [2.05, 4.69) is 32.9 Å². The van der Waals surface area contributed by atoms with E-state index >= 15 is 4.39 Å². The molecule has 6 nitrogen and oxygen atoms in total. The Morgan fingerprint density at radius 1 is 1.07 bits per heavy atom. The predicted molar refractivity (Wildman–Crippen MR) is 149 cm³/mol. The second-order valence-corrected chi connectivity index (χ2v) is 11.6. The Hall–Kier alpha value is -3.58. The second-order valence-electron chi connectivity index (χ2n) is 11.6. The van der Waals surface area contributed by atoms with Crippen LogP contribution in [0.5, 0.6) is 17.2 Å². The van der Waals surface area contributed by atoms with Gasteiger partial charge in [0.25, 0.3) is 0 Å². The van der Waals surface area contributed by atoms with Crippen molar-refractivity contribution in [2.75, 3.05) is 33.5 Å². The minimum atomic E-state index is -0.395. The zero-order valence-corrected chi connectivity index (χ0v) is 23.5. The van der Waals surface area contributed by atoms with Crippen LogP contribution in [0.2, 0.25) is 0 Å². The van der Waals surface area contributed by atoms with Gasteiger partial charge in [-0.3, -0.25) is 4.79 Å². The van der Waals surface area contributed by atoms with Crippen LogP contribution in [0.4, 0.5) is 4.39 Å². The van der Waals surface area contributed by atoms with Crippen LogP contribution < -0.4 is 14.2 Å². The maximum absolute atomic E-state index is 15.3. The molecule has 0 amide bonds. The Balaban J connectivity index is 1.23. The molecule has 210 valence electrons. The van der Waals surface area contributed by atoms with Crippen LogP contribution in [0.25, 0.3) is 11.1 Å². The highest BCUT2D eigenvalue weighted by atomic mass is 19.1. The number of halogens is 1. The number of hydrogen-bond donors (Lipinski definition) is 0. The van der Waals surface area contributed by atoms with Crippen LogP contribution in [0.1, 0.15) is 59.6 Å². The standard InChI is InChI=1S/C33H35FO6/c1-19-11-23(39-18-33(3)16-37-17-33)12-20(2)31(19)25-7-9-27(34)32-26(25)8-10-28(32)40-22-5-6-24-21(13-30(35)36-4)15-38-29(24)14-22/h5-7,9,11-12,14,21,28H,8,10,13,15-18H2,1-4H3. The van der Waals surface area contributed by atoms with Gasteiger partial charge in [-0.15, -0.1) is 0 Å². The topological polar surface area (TPSA) is 63.2 Å². The van der Waals surface area contributed by atoms with Crippen molar-refractivity contribution >= 4 is 5.97 Å². The lowest BCUT2D eigenvalue weighted by molar-refractivity contribution is -0.141. The summed E-state index contributed by atoms with van der Waals surface area (Å²) in [4.78, 5) is 11.7. The van der Waals surface area contributed by atoms with Gasteiger partial charge in [-0.2, -0.15) is 0 Å². The minimum Gasteiger partial charge on any atom is -0.493 e. The molecule has 1 saturated heterocycles. The fourth-order valence-electron chi connectivity index (χ4n) is 6.20. The molecular weight excluding hydrogens is 511 g/mol. The number of carbonyl (C=O) groups is 1. The summed E-state index contributed by atoms with van der Waals surface area (Å²) in [5, 5.41) is 0. The van der Waals surface area contributed by atoms with E-state index in [1.54, 1.807) is 6.07 Å². The molecular formula is C33H35FO6. The number of aryl methyl sites for hydroxylation is 2. The minimum absolute atomic E-state index is 0.0395. The third-order valence-electron chi connectivity index (χ3n) is 8.33. The van der Waals surface area contributed by atoms with E-state index < -0.39 is 6.10 Å². The molecule has 0 N–H and O–H groups in total. The van der Waals surface area contributed by atoms with Gasteiger partial charge in [-0.1, -0.05) is 19.1 Å². The summed E-state index contributed by atoms with van der Waals surface area (Å²) < 4.78 is 43.8. The highest BCUT2D eigenvalue weighted by Crippen LogP contribution is 2.45. The summed E-state index contributed by atoms with van der Waals surface area (Å²) >= 11 is 0. The van der Waals surface area contributed by atoms with Crippen molar-refractivity contribution < 1.29 is 32.9 Å². The number of carbonyl (C=O) groups excluding carboxylic acids is 1. The Bertz CT molecular complexity index is 1440. The summed E-state index contributed by atoms with van der Waals surface area (Å²) in [7, 11) is 1.39. The van der Waals surface area contributed by atoms with Crippen molar-refractivity contribution in [3.8, 4) is 28.4 Å². The van der Waals surface area contributed by atoms with E-state index in [-0.39, 0.29) is 29.5 Å². The first kappa shape index (κ1) is 26.6. The first-order valence-electron chi connectivity index (χ1n) is 13.9. The Morgan fingerprint density at radius 3 is 2.55 bits per heavy atom. The smallest absolute Gasteiger partial charge is 0.306 e. The molecule has 6 rings (SSSR count). The molecule has 0 spiro atoms. The maximum atomic E-state index is 15.3. The average molecular weight is 547 g/mol. The first-order chi connectivity index (χ1) is 19.2. The highest BCUT2D eigenvalue weighted by Gasteiger charge is 2.35. The Morgan fingerprint density at radius 2 is 1.85 bits per heavy atom. The van der Waals surface area contributed by atoms with Crippen LogP contribution in [0.3, 0.4) is 0 Å². The van der Waals surface area contributed by atoms with Crippen LogP contribution in [-0.4, -0.2) is 39.5 Å². The molecule has 2 aliphatic heterocycles. The molecule has 1 fully saturated rings. The van der Waals surface area contributed by atoms with Crippen molar-refractivity contribution in [1.82, 2.24) is 0 Å². The summed E-state index contributed by atoms with van der Waals surface area (Å²) in [5.74, 6) is 1.62. The molecule has 0 radical (unpaired) electrons. The molecule has 3 aromatic carbocycles. The van der Waals surface area contributed by atoms with Crippen LogP contribution in [-0.2, 0) is 20.7 Å². The summed E-state index contributed by atoms with van der Waals surface area (Å²) in [5.41, 5.74) is 7.02. The summed E-state index contributed by atoms with van der Waals surface area (Å²) in [6, 6.07) is 13.2. The van der Waals surface area contributed by atoms with Crippen LogP contribution in [0, 0.1) is 25.1 Å². The number of ether oxygens (including phenoxy) is 5. The summed E-state index contributed by atoms with van der Waals surface area (Å²) in [6.45, 7) is 8.83. The molecule has 2 unspecified atom stereocenters. The van der Waals surface area contributed by atoms with Crippen molar-refractivity contribution in [3.05, 3.63) is 76.1 Å². The van der Waals surface area contributed by atoms with Gasteiger partial charge >= 0.3 is 5.97 Å².